The van der Waals surface area contributed by atoms with Crippen LogP contribution in [0.4, 0.5) is 23.7 Å². The molecular weight excluding hydrogens is 467 g/mol. The zero-order chi connectivity index (χ0) is 25.8. The second kappa shape index (κ2) is 10.6. The third-order valence-corrected chi connectivity index (χ3v) is 5.56. The molecule has 9 nitrogen and oxygen atoms in total. The van der Waals surface area contributed by atoms with Crippen molar-refractivity contribution in [2.24, 2.45) is 0 Å². The summed E-state index contributed by atoms with van der Waals surface area (Å²) in [5, 5.41) is 18.2. The molecule has 192 valence electrons. The first-order valence-electron chi connectivity index (χ1n) is 11.2. The summed E-state index contributed by atoms with van der Waals surface area (Å²) in [6, 6.07) is 9.97. The van der Waals surface area contributed by atoms with Crippen LogP contribution in [0.25, 0.3) is 0 Å². The normalized spacial score (nSPS) is 18.2. The molecule has 2 aliphatic rings. The van der Waals surface area contributed by atoms with Gasteiger partial charge in [0.1, 0.15) is 0 Å². The number of rotatable bonds is 2. The van der Waals surface area contributed by atoms with Gasteiger partial charge in [0.15, 0.2) is 0 Å². The van der Waals surface area contributed by atoms with E-state index in [2.05, 4.69) is 37.5 Å². The molecule has 35 heavy (non-hydrogen) atoms. The predicted molar refractivity (Wildman–Crippen MR) is 122 cm³/mol. The van der Waals surface area contributed by atoms with Crippen molar-refractivity contribution in [2.75, 3.05) is 31.6 Å². The van der Waals surface area contributed by atoms with Crippen LogP contribution >= 0.6 is 0 Å². The summed E-state index contributed by atoms with van der Waals surface area (Å²) in [6.07, 6.45) is -5.00. The topological polar surface area (TPSA) is 109 Å². The van der Waals surface area contributed by atoms with Gasteiger partial charge in [-0.2, -0.15) is 18.3 Å². The van der Waals surface area contributed by atoms with Gasteiger partial charge in [0, 0.05) is 30.7 Å². The average Bonchev–Trinajstić information content (AvgIpc) is 3.24. The number of hydrogen-bond acceptors (Lipinski definition) is 5. The summed E-state index contributed by atoms with van der Waals surface area (Å²) in [4.78, 5) is 23.5. The number of carbonyl (C=O) groups excluding carboxylic acids is 1. The van der Waals surface area contributed by atoms with Crippen LogP contribution < -0.4 is 10.6 Å². The maximum atomic E-state index is 12.7. The lowest BCUT2D eigenvalue weighted by atomic mass is 9.92. The molecule has 2 amide bonds. The van der Waals surface area contributed by atoms with Crippen LogP contribution in [0.5, 0.6) is 0 Å². The molecule has 3 heterocycles. The van der Waals surface area contributed by atoms with Gasteiger partial charge >= 0.3 is 18.2 Å². The van der Waals surface area contributed by atoms with E-state index in [1.165, 1.54) is 0 Å². The number of nitrogens with zero attached hydrogens (tertiary/aromatic N) is 3. The minimum absolute atomic E-state index is 0.0107. The van der Waals surface area contributed by atoms with Crippen LogP contribution in [0.3, 0.4) is 0 Å². The Balaban J connectivity index is 0.000000429. The fourth-order valence-electron chi connectivity index (χ4n) is 3.57. The lowest BCUT2D eigenvalue weighted by Crippen LogP contribution is -2.40. The minimum atomic E-state index is -5.08. The number of urea groups is 1. The van der Waals surface area contributed by atoms with E-state index in [1.807, 2.05) is 33.8 Å². The summed E-state index contributed by atoms with van der Waals surface area (Å²) in [5.74, 6) is -2.76. The lowest BCUT2D eigenvalue weighted by Gasteiger charge is -2.28. The molecule has 0 spiro atoms. The monoisotopic (exact) mass is 497 g/mol. The SMILES string of the molecule is CC(C)(C)c1cc2n(n1)CCN(C(=O)Nc1ccc(C3CNCCO3)cc1)C2.O=C(O)C(F)(F)F. The number of anilines is 1. The number of nitrogens with one attached hydrogen (secondary N) is 2. The molecular formula is C23H30F3N5O4. The van der Waals surface area contributed by atoms with Gasteiger partial charge in [-0.05, 0) is 23.8 Å². The first kappa shape index (κ1) is 26.5. The Bertz CT molecular complexity index is 1030. The molecule has 1 atom stereocenters. The molecule has 0 saturated carbocycles. The second-order valence-corrected chi connectivity index (χ2v) is 9.33. The fourth-order valence-corrected chi connectivity index (χ4v) is 3.57. The van der Waals surface area contributed by atoms with Crippen molar-refractivity contribution in [3.63, 3.8) is 0 Å². The number of morpholine rings is 1. The molecule has 1 aromatic heterocycles. The third-order valence-electron chi connectivity index (χ3n) is 5.56. The summed E-state index contributed by atoms with van der Waals surface area (Å²) in [5.41, 5.74) is 4.09. The van der Waals surface area contributed by atoms with Crippen LogP contribution in [0.2, 0.25) is 0 Å². The smallest absolute Gasteiger partial charge is 0.475 e. The van der Waals surface area contributed by atoms with E-state index in [-0.39, 0.29) is 17.6 Å². The number of ether oxygens (including phenoxy) is 1. The number of aromatic nitrogens is 2. The molecule has 3 N–H and O–H groups in total. The molecule has 0 aliphatic carbocycles. The summed E-state index contributed by atoms with van der Waals surface area (Å²) < 4.78 is 39.5. The van der Waals surface area contributed by atoms with E-state index in [1.54, 1.807) is 0 Å². The maximum Gasteiger partial charge on any atom is 0.490 e. The summed E-state index contributed by atoms with van der Waals surface area (Å²) in [6.45, 7) is 10.9. The van der Waals surface area contributed by atoms with Crippen molar-refractivity contribution >= 4 is 17.7 Å². The van der Waals surface area contributed by atoms with Crippen LogP contribution in [0.1, 0.15) is 43.8 Å². The van der Waals surface area contributed by atoms with Crippen LogP contribution in [-0.4, -0.2) is 64.2 Å². The van der Waals surface area contributed by atoms with E-state index in [0.29, 0.717) is 13.1 Å². The van der Waals surface area contributed by atoms with E-state index in [9.17, 15) is 18.0 Å². The first-order chi connectivity index (χ1) is 16.3. The molecule has 2 aliphatic heterocycles. The Hall–Kier alpha value is -3.12. The standard InChI is InChI=1S/C21H29N5O2.C2HF3O2/c1-21(2,3)19-12-17-14-25(9-10-26(17)24-19)20(27)23-16-6-4-15(5-7-16)18-13-22-8-11-28-18;3-2(4,5)1(6)7/h4-7,12,18,22H,8-11,13-14H2,1-3H3,(H,23,27);(H,6,7). The van der Waals surface area contributed by atoms with Gasteiger partial charge in [-0.3, -0.25) is 4.68 Å². The number of carboxylic acid groups (broad SMARTS) is 1. The number of alkyl halides is 3. The van der Waals surface area contributed by atoms with Crippen molar-refractivity contribution in [3.05, 3.63) is 47.3 Å². The number of hydrogen-bond donors (Lipinski definition) is 3. The largest absolute Gasteiger partial charge is 0.490 e. The van der Waals surface area contributed by atoms with Crippen molar-refractivity contribution in [1.29, 1.82) is 0 Å². The average molecular weight is 498 g/mol. The number of carboxylic acids is 1. The van der Waals surface area contributed by atoms with Gasteiger partial charge in [-0.1, -0.05) is 32.9 Å². The molecule has 1 aromatic carbocycles. The summed E-state index contributed by atoms with van der Waals surface area (Å²) in [7, 11) is 0. The van der Waals surface area contributed by atoms with E-state index < -0.39 is 12.1 Å². The second-order valence-electron chi connectivity index (χ2n) is 9.33. The molecule has 2 aromatic rings. The van der Waals surface area contributed by atoms with Crippen molar-refractivity contribution < 1.29 is 32.6 Å². The van der Waals surface area contributed by atoms with Crippen molar-refractivity contribution in [1.82, 2.24) is 20.0 Å². The minimum Gasteiger partial charge on any atom is -0.475 e. The van der Waals surface area contributed by atoms with Crippen molar-refractivity contribution in [3.8, 4) is 0 Å². The Morgan fingerprint density at radius 2 is 1.83 bits per heavy atom. The number of benzene rings is 1. The number of halogens is 3. The van der Waals surface area contributed by atoms with Crippen LogP contribution in [0, 0.1) is 0 Å². The number of aliphatic carboxylic acids is 1. The molecule has 0 radical (unpaired) electrons. The zero-order valence-electron chi connectivity index (χ0n) is 19.9. The number of fused-ring (bicyclic) bond motifs is 1. The molecule has 1 unspecified atom stereocenters. The van der Waals surface area contributed by atoms with Gasteiger partial charge in [-0.15, -0.1) is 0 Å². The van der Waals surface area contributed by atoms with Crippen molar-refractivity contribution in [2.45, 2.75) is 51.6 Å². The Labute approximate surface area is 201 Å². The zero-order valence-corrected chi connectivity index (χ0v) is 19.9. The van der Waals surface area contributed by atoms with Crippen LogP contribution in [0.15, 0.2) is 30.3 Å². The predicted octanol–water partition coefficient (Wildman–Crippen LogP) is 3.52. The molecule has 0 bridgehead atoms. The van der Waals surface area contributed by atoms with E-state index in [0.717, 1.165) is 48.9 Å². The van der Waals surface area contributed by atoms with E-state index in [4.69, 9.17) is 19.7 Å². The number of amides is 2. The lowest BCUT2D eigenvalue weighted by molar-refractivity contribution is -0.192. The highest BCUT2D eigenvalue weighted by Crippen LogP contribution is 2.25. The van der Waals surface area contributed by atoms with Gasteiger partial charge in [0.05, 0.1) is 37.2 Å². The number of carbonyl (C=O) groups is 2. The first-order valence-corrected chi connectivity index (χ1v) is 11.2. The summed E-state index contributed by atoms with van der Waals surface area (Å²) >= 11 is 0. The Morgan fingerprint density at radius 1 is 1.17 bits per heavy atom. The highest BCUT2D eigenvalue weighted by molar-refractivity contribution is 5.89. The van der Waals surface area contributed by atoms with Gasteiger partial charge < -0.3 is 25.4 Å². The van der Waals surface area contributed by atoms with Crippen LogP contribution in [-0.2, 0) is 28.0 Å². The Kier molecular flexibility index (Phi) is 8.06. The fraction of sp³-hybridized carbons (Fsp3) is 0.522. The molecule has 12 heteroatoms. The quantitative estimate of drug-likeness (QED) is 0.586. The highest BCUT2D eigenvalue weighted by atomic mass is 19.4. The van der Waals surface area contributed by atoms with E-state index >= 15 is 0 Å². The maximum absolute atomic E-state index is 12.7. The molecule has 1 saturated heterocycles. The van der Waals surface area contributed by atoms with Gasteiger partial charge in [0.2, 0.25) is 0 Å². The van der Waals surface area contributed by atoms with Gasteiger partial charge in [0.25, 0.3) is 0 Å². The third kappa shape index (κ3) is 7.18. The highest BCUT2D eigenvalue weighted by Gasteiger charge is 2.38. The molecule has 1 fully saturated rings. The van der Waals surface area contributed by atoms with Gasteiger partial charge in [-0.25, -0.2) is 9.59 Å². The Morgan fingerprint density at radius 3 is 2.37 bits per heavy atom. The molecule has 4 rings (SSSR count).